The molecule has 2 amide bonds. The van der Waals surface area contributed by atoms with Crippen molar-refractivity contribution in [1.82, 2.24) is 9.97 Å². The van der Waals surface area contributed by atoms with E-state index in [4.69, 9.17) is 14.2 Å². The number of fused-ring (bicyclic) bond motifs is 1. The van der Waals surface area contributed by atoms with Gasteiger partial charge in [-0.2, -0.15) is 0 Å². The van der Waals surface area contributed by atoms with Gasteiger partial charge in [-0.25, -0.2) is 9.37 Å². The minimum Gasteiger partial charge on any atom is -0.496 e. The van der Waals surface area contributed by atoms with Crippen molar-refractivity contribution in [2.75, 3.05) is 32.0 Å². The third-order valence-corrected chi connectivity index (χ3v) is 5.73. The van der Waals surface area contributed by atoms with Crippen LogP contribution in [0.2, 0.25) is 0 Å². The van der Waals surface area contributed by atoms with Crippen LogP contribution in [0.5, 0.6) is 17.2 Å². The summed E-state index contributed by atoms with van der Waals surface area (Å²) in [4.78, 5) is 31.4. The molecule has 0 unspecified atom stereocenters. The molecule has 0 saturated heterocycles. The Morgan fingerprint density at radius 3 is 2.44 bits per heavy atom. The lowest BCUT2D eigenvalue weighted by Gasteiger charge is -2.11. The third-order valence-electron chi connectivity index (χ3n) is 4.97. The molecule has 0 aliphatic rings. The van der Waals surface area contributed by atoms with Gasteiger partial charge in [-0.3, -0.25) is 14.9 Å². The van der Waals surface area contributed by atoms with Crippen molar-refractivity contribution in [3.63, 3.8) is 0 Å². The van der Waals surface area contributed by atoms with Gasteiger partial charge in [0.2, 0.25) is 5.91 Å². The predicted octanol–water partition coefficient (Wildman–Crippen LogP) is 4.67. The molecule has 0 aliphatic heterocycles. The Kier molecular flexibility index (Phi) is 6.37. The van der Waals surface area contributed by atoms with E-state index in [1.807, 2.05) is 0 Å². The maximum absolute atomic E-state index is 14.5. The van der Waals surface area contributed by atoms with Crippen molar-refractivity contribution in [2.24, 2.45) is 0 Å². The van der Waals surface area contributed by atoms with Crippen LogP contribution in [0.1, 0.15) is 17.4 Å². The van der Waals surface area contributed by atoms with Gasteiger partial charge in [-0.05, 0) is 24.3 Å². The second-order valence-electron chi connectivity index (χ2n) is 7.15. The average molecular weight is 485 g/mol. The van der Waals surface area contributed by atoms with Crippen LogP contribution in [0.4, 0.5) is 15.2 Å². The Morgan fingerprint density at radius 1 is 1.03 bits per heavy atom. The van der Waals surface area contributed by atoms with Gasteiger partial charge in [-0.15, -0.1) is 11.3 Å². The van der Waals surface area contributed by atoms with Crippen molar-refractivity contribution >= 4 is 44.9 Å². The molecule has 0 fully saturated rings. The highest BCUT2D eigenvalue weighted by molar-refractivity contribution is 7.14. The number of carbonyl (C=O) groups is 2. The van der Waals surface area contributed by atoms with Gasteiger partial charge in [0.15, 0.2) is 16.6 Å². The summed E-state index contributed by atoms with van der Waals surface area (Å²) in [5.41, 5.74) is 1.75. The number of carbonyl (C=O) groups excluding carboxylic acids is 2. The van der Waals surface area contributed by atoms with E-state index in [2.05, 4.69) is 20.6 Å². The SMILES string of the molecule is COc1cc(OC)c2cc(C(=O)Nc3nc(-c4ccc(NC(C)=O)cc4F)cs3)[nH]c2c1OC. The molecule has 0 radical (unpaired) electrons. The summed E-state index contributed by atoms with van der Waals surface area (Å²) in [6.07, 6.45) is 0. The number of halogens is 1. The van der Waals surface area contributed by atoms with Crippen LogP contribution in [-0.2, 0) is 4.79 Å². The van der Waals surface area contributed by atoms with Crippen LogP contribution in [0.3, 0.4) is 0 Å². The van der Waals surface area contributed by atoms with Crippen molar-refractivity contribution in [3.8, 4) is 28.5 Å². The normalized spacial score (nSPS) is 10.7. The van der Waals surface area contributed by atoms with Crippen molar-refractivity contribution < 1.29 is 28.2 Å². The van der Waals surface area contributed by atoms with Crippen LogP contribution in [0.15, 0.2) is 35.7 Å². The molecule has 4 rings (SSSR count). The van der Waals surface area contributed by atoms with E-state index in [0.717, 1.165) is 11.3 Å². The maximum atomic E-state index is 14.5. The molecule has 0 spiro atoms. The Morgan fingerprint density at radius 2 is 1.79 bits per heavy atom. The number of ether oxygens (including phenoxy) is 3. The fourth-order valence-corrected chi connectivity index (χ4v) is 4.19. The molecule has 2 aromatic heterocycles. The Balaban J connectivity index is 1.59. The number of H-pyrrole nitrogens is 1. The van der Waals surface area contributed by atoms with Gasteiger partial charge >= 0.3 is 0 Å². The standard InChI is InChI=1S/C23H21FN4O5S/c1-11(29)25-12-5-6-13(15(24)7-12)17-10-34-23(27-17)28-22(30)16-8-14-18(31-2)9-19(32-3)21(33-4)20(14)26-16/h5-10,26H,1-4H3,(H,25,29)(H,27,28,30). The number of thiazole rings is 1. The number of methoxy groups -OCH3 is 3. The lowest BCUT2D eigenvalue weighted by Crippen LogP contribution is -2.12. The van der Waals surface area contributed by atoms with Crippen molar-refractivity contribution in [2.45, 2.75) is 6.92 Å². The van der Waals surface area contributed by atoms with Gasteiger partial charge in [0.25, 0.3) is 5.91 Å². The predicted molar refractivity (Wildman–Crippen MR) is 128 cm³/mol. The fourth-order valence-electron chi connectivity index (χ4n) is 3.48. The second-order valence-corrected chi connectivity index (χ2v) is 8.01. The van der Waals surface area contributed by atoms with E-state index in [9.17, 15) is 14.0 Å². The number of rotatable bonds is 7. The number of nitrogens with one attached hydrogen (secondary N) is 3. The molecular weight excluding hydrogens is 463 g/mol. The molecule has 2 aromatic carbocycles. The van der Waals surface area contributed by atoms with Crippen molar-refractivity contribution in [3.05, 3.63) is 47.2 Å². The molecule has 0 bridgehead atoms. The molecule has 176 valence electrons. The van der Waals surface area contributed by atoms with E-state index in [1.54, 1.807) is 23.6 Å². The highest BCUT2D eigenvalue weighted by Gasteiger charge is 2.20. The molecule has 11 heteroatoms. The lowest BCUT2D eigenvalue weighted by atomic mass is 10.1. The lowest BCUT2D eigenvalue weighted by molar-refractivity contribution is -0.114. The van der Waals surface area contributed by atoms with Gasteiger partial charge in [0.05, 0.1) is 32.5 Å². The average Bonchev–Trinajstić information content (AvgIpc) is 3.45. The third kappa shape index (κ3) is 4.37. The first-order valence-corrected chi connectivity index (χ1v) is 10.9. The topological polar surface area (TPSA) is 115 Å². The Labute approximate surface area is 197 Å². The van der Waals surface area contributed by atoms with Crippen molar-refractivity contribution in [1.29, 1.82) is 0 Å². The highest BCUT2D eigenvalue weighted by atomic mass is 32.1. The summed E-state index contributed by atoms with van der Waals surface area (Å²) in [6, 6.07) is 7.63. The number of nitrogens with zero attached hydrogens (tertiary/aromatic N) is 1. The minimum absolute atomic E-state index is 0.248. The number of amides is 2. The number of anilines is 2. The number of hydrogen-bond acceptors (Lipinski definition) is 7. The number of hydrogen-bond donors (Lipinski definition) is 3. The first-order valence-electron chi connectivity index (χ1n) is 10.0. The van der Waals surface area contributed by atoms with Gasteiger partial charge in [0, 0.05) is 35.0 Å². The molecule has 9 nitrogen and oxygen atoms in total. The first-order chi connectivity index (χ1) is 16.3. The first kappa shape index (κ1) is 23.1. The highest BCUT2D eigenvalue weighted by Crippen LogP contribution is 2.41. The summed E-state index contributed by atoms with van der Waals surface area (Å²) in [5, 5.41) is 7.81. The molecule has 34 heavy (non-hydrogen) atoms. The summed E-state index contributed by atoms with van der Waals surface area (Å²) < 4.78 is 30.7. The Bertz CT molecular complexity index is 1400. The molecule has 0 aliphatic carbocycles. The zero-order valence-electron chi connectivity index (χ0n) is 18.7. The maximum Gasteiger partial charge on any atom is 0.273 e. The Hall–Kier alpha value is -4.12. The molecule has 0 saturated carbocycles. The van der Waals surface area contributed by atoms with Crippen LogP contribution in [-0.4, -0.2) is 43.1 Å². The van der Waals surface area contributed by atoms with Gasteiger partial charge in [0.1, 0.15) is 17.3 Å². The molecular formula is C23H21FN4O5S. The van der Waals surface area contributed by atoms with E-state index >= 15 is 0 Å². The largest absolute Gasteiger partial charge is 0.496 e. The van der Waals surface area contributed by atoms with Gasteiger partial charge in [-0.1, -0.05) is 0 Å². The summed E-state index contributed by atoms with van der Waals surface area (Å²) in [7, 11) is 4.53. The molecule has 2 heterocycles. The van der Waals surface area contributed by atoms with E-state index in [0.29, 0.717) is 44.7 Å². The number of benzene rings is 2. The van der Waals surface area contributed by atoms with E-state index in [-0.39, 0.29) is 17.2 Å². The van der Waals surface area contributed by atoms with Crippen LogP contribution < -0.4 is 24.8 Å². The molecule has 0 atom stereocenters. The minimum atomic E-state index is -0.543. The number of aromatic amines is 1. The summed E-state index contributed by atoms with van der Waals surface area (Å²) in [5.74, 6) is 0.123. The van der Waals surface area contributed by atoms with Gasteiger partial charge < -0.3 is 24.5 Å². The van der Waals surface area contributed by atoms with Crippen LogP contribution >= 0.6 is 11.3 Å². The molecule has 4 aromatic rings. The van der Waals surface area contributed by atoms with E-state index in [1.165, 1.54) is 40.4 Å². The fraction of sp³-hybridized carbons (Fsp3) is 0.174. The second kappa shape index (κ2) is 9.40. The van der Waals surface area contributed by atoms with E-state index < -0.39 is 11.7 Å². The van der Waals surface area contributed by atoms with Crippen LogP contribution in [0, 0.1) is 5.82 Å². The smallest absolute Gasteiger partial charge is 0.273 e. The number of aromatic nitrogens is 2. The zero-order valence-corrected chi connectivity index (χ0v) is 19.6. The quantitative estimate of drug-likeness (QED) is 0.351. The summed E-state index contributed by atoms with van der Waals surface area (Å²) in [6.45, 7) is 1.34. The zero-order chi connectivity index (χ0) is 24.4. The molecule has 3 N–H and O–H groups in total. The summed E-state index contributed by atoms with van der Waals surface area (Å²) >= 11 is 1.16. The monoisotopic (exact) mass is 484 g/mol. The van der Waals surface area contributed by atoms with Crippen LogP contribution in [0.25, 0.3) is 22.2 Å².